The first-order chi connectivity index (χ1) is 22.1. The average Bonchev–Trinajstić information content (AvgIpc) is 3.12. The summed E-state index contributed by atoms with van der Waals surface area (Å²) in [4.78, 5) is 2.17. The molecule has 0 radical (unpaired) electrons. The van der Waals surface area contributed by atoms with Crippen molar-refractivity contribution < 1.29 is 0 Å². The van der Waals surface area contributed by atoms with Gasteiger partial charge in [0.2, 0.25) is 0 Å². The first kappa shape index (κ1) is 28.2. The van der Waals surface area contributed by atoms with Crippen molar-refractivity contribution in [3.8, 4) is 57.7 Å². The van der Waals surface area contributed by atoms with Crippen LogP contribution in [0.5, 0.6) is 0 Å². The van der Waals surface area contributed by atoms with E-state index in [1.807, 2.05) is 78.9 Å². The summed E-state index contributed by atoms with van der Waals surface area (Å²) in [7, 11) is 0. The average molecular weight is 574 g/mol. The Hall–Kier alpha value is -6.92. The van der Waals surface area contributed by atoms with E-state index in [-0.39, 0.29) is 0 Å². The van der Waals surface area contributed by atoms with Gasteiger partial charge in [0, 0.05) is 17.1 Å². The molecule has 0 aliphatic rings. The fourth-order valence-corrected chi connectivity index (χ4v) is 5.31. The van der Waals surface area contributed by atoms with Crippen molar-refractivity contribution in [3.05, 3.63) is 162 Å². The quantitative estimate of drug-likeness (QED) is 0.197. The second kappa shape index (κ2) is 12.5. The molecule has 0 saturated carbocycles. The maximum absolute atomic E-state index is 9.49. The van der Waals surface area contributed by atoms with Crippen molar-refractivity contribution in [2.75, 3.05) is 4.90 Å². The molecule has 0 saturated heterocycles. The van der Waals surface area contributed by atoms with Crippen LogP contribution in [0.2, 0.25) is 0 Å². The maximum atomic E-state index is 9.49. The van der Waals surface area contributed by atoms with E-state index in [0.717, 1.165) is 50.4 Å². The van der Waals surface area contributed by atoms with E-state index in [0.29, 0.717) is 22.3 Å². The number of nitrogens with zero attached hydrogens (tertiary/aromatic N) is 5. The van der Waals surface area contributed by atoms with Gasteiger partial charge >= 0.3 is 0 Å². The number of hydrogen-bond donors (Lipinski definition) is 0. The fourth-order valence-electron chi connectivity index (χ4n) is 5.31. The highest BCUT2D eigenvalue weighted by Crippen LogP contribution is 2.38. The Balaban J connectivity index is 1.39. The lowest BCUT2D eigenvalue weighted by Gasteiger charge is -2.26. The van der Waals surface area contributed by atoms with Crippen LogP contribution >= 0.6 is 0 Å². The van der Waals surface area contributed by atoms with Crippen molar-refractivity contribution in [2.24, 2.45) is 0 Å². The van der Waals surface area contributed by atoms with Crippen molar-refractivity contribution in [1.82, 2.24) is 0 Å². The van der Waals surface area contributed by atoms with E-state index < -0.39 is 0 Å². The zero-order chi connectivity index (χ0) is 31.2. The first-order valence-electron chi connectivity index (χ1n) is 14.2. The van der Waals surface area contributed by atoms with Gasteiger partial charge in [0.1, 0.15) is 24.3 Å². The third-order valence-corrected chi connectivity index (χ3v) is 7.67. The van der Waals surface area contributed by atoms with Crippen LogP contribution in [0.1, 0.15) is 22.3 Å². The molecule has 5 heteroatoms. The van der Waals surface area contributed by atoms with Gasteiger partial charge < -0.3 is 4.90 Å². The van der Waals surface area contributed by atoms with Gasteiger partial charge in [-0.05, 0) is 94.0 Å². The Morgan fingerprint density at radius 2 is 0.622 bits per heavy atom. The van der Waals surface area contributed by atoms with E-state index in [1.54, 1.807) is 24.3 Å². The van der Waals surface area contributed by atoms with Gasteiger partial charge in [-0.3, -0.25) is 0 Å². The molecule has 6 rings (SSSR count). The molecule has 0 heterocycles. The highest BCUT2D eigenvalue weighted by Gasteiger charge is 2.15. The van der Waals surface area contributed by atoms with Crippen LogP contribution in [0, 0.1) is 45.3 Å². The molecule has 6 aromatic carbocycles. The Morgan fingerprint density at radius 3 is 0.978 bits per heavy atom. The summed E-state index contributed by atoms with van der Waals surface area (Å²) in [5.41, 5.74) is 10.1. The lowest BCUT2D eigenvalue weighted by Crippen LogP contribution is -2.09. The Bertz CT molecular complexity index is 2050. The van der Waals surface area contributed by atoms with Crippen LogP contribution in [-0.4, -0.2) is 0 Å². The van der Waals surface area contributed by atoms with Gasteiger partial charge in [0.25, 0.3) is 0 Å². The van der Waals surface area contributed by atoms with Crippen LogP contribution in [0.4, 0.5) is 17.1 Å². The normalized spacial score (nSPS) is 10.1. The number of rotatable bonds is 6. The van der Waals surface area contributed by atoms with Crippen LogP contribution in [0.25, 0.3) is 33.4 Å². The van der Waals surface area contributed by atoms with E-state index >= 15 is 0 Å². The summed E-state index contributed by atoms with van der Waals surface area (Å²) in [6.45, 7) is 0. The van der Waals surface area contributed by atoms with E-state index in [1.165, 1.54) is 0 Å². The molecular formula is C40H23N5. The molecule has 0 aliphatic carbocycles. The summed E-state index contributed by atoms with van der Waals surface area (Å²) < 4.78 is 0. The number of nitriles is 4. The molecule has 0 aliphatic heterocycles. The van der Waals surface area contributed by atoms with Gasteiger partial charge in [0.05, 0.1) is 22.3 Å². The van der Waals surface area contributed by atoms with Gasteiger partial charge in [-0.15, -0.1) is 0 Å². The van der Waals surface area contributed by atoms with Crippen LogP contribution in [0.3, 0.4) is 0 Å². The number of anilines is 3. The predicted octanol–water partition coefficient (Wildman–Crippen LogP) is 9.64. The third kappa shape index (κ3) is 5.75. The third-order valence-electron chi connectivity index (χ3n) is 7.67. The fraction of sp³-hybridized carbons (Fsp3) is 0. The summed E-state index contributed by atoms with van der Waals surface area (Å²) in [6, 6.07) is 53.8. The monoisotopic (exact) mass is 573 g/mol. The lowest BCUT2D eigenvalue weighted by molar-refractivity contribution is 1.28. The largest absolute Gasteiger partial charge is 0.311 e. The SMILES string of the molecule is N#Cc1ccc(-c2ccc(N(c3ccc(-c4ccccc4)cc3)c3ccc(-c4ccc(C#N)c(C#N)c4)cc3)cc2)cc1C#N. The number of benzene rings is 6. The molecule has 0 amide bonds. The molecule has 0 bridgehead atoms. The zero-order valence-electron chi connectivity index (χ0n) is 24.0. The summed E-state index contributed by atoms with van der Waals surface area (Å²) in [6.07, 6.45) is 0. The Morgan fingerprint density at radius 1 is 0.311 bits per heavy atom. The molecule has 6 aromatic rings. The Kier molecular flexibility index (Phi) is 7.85. The van der Waals surface area contributed by atoms with Crippen molar-refractivity contribution in [2.45, 2.75) is 0 Å². The molecule has 0 unspecified atom stereocenters. The second-order valence-corrected chi connectivity index (χ2v) is 10.3. The molecule has 5 nitrogen and oxygen atoms in total. The molecule has 0 spiro atoms. The highest BCUT2D eigenvalue weighted by atomic mass is 15.1. The number of hydrogen-bond acceptors (Lipinski definition) is 5. The summed E-state index contributed by atoms with van der Waals surface area (Å²) >= 11 is 0. The van der Waals surface area contributed by atoms with Gasteiger partial charge in [-0.25, -0.2) is 0 Å². The Labute approximate surface area is 262 Å². The van der Waals surface area contributed by atoms with E-state index in [2.05, 4.69) is 65.6 Å². The van der Waals surface area contributed by atoms with Crippen molar-refractivity contribution >= 4 is 17.1 Å². The minimum Gasteiger partial charge on any atom is -0.311 e. The highest BCUT2D eigenvalue weighted by molar-refractivity contribution is 5.81. The van der Waals surface area contributed by atoms with Crippen LogP contribution < -0.4 is 4.90 Å². The first-order valence-corrected chi connectivity index (χ1v) is 14.2. The molecule has 208 valence electrons. The minimum absolute atomic E-state index is 0.350. The zero-order valence-corrected chi connectivity index (χ0v) is 24.0. The van der Waals surface area contributed by atoms with Gasteiger partial charge in [-0.1, -0.05) is 78.9 Å². The minimum atomic E-state index is 0.350. The molecule has 0 fully saturated rings. The molecule has 0 aromatic heterocycles. The molecule has 0 N–H and O–H groups in total. The smallest absolute Gasteiger partial charge is 0.101 e. The summed E-state index contributed by atoms with van der Waals surface area (Å²) in [5.74, 6) is 0. The topological polar surface area (TPSA) is 98.4 Å². The molecule has 45 heavy (non-hydrogen) atoms. The van der Waals surface area contributed by atoms with Crippen molar-refractivity contribution in [3.63, 3.8) is 0 Å². The standard InChI is InChI=1S/C40H23N5/c41-24-34-8-6-32(22-36(34)26-43)30-12-18-39(19-13-30)45(38-16-10-29(11-17-38)28-4-2-1-3-5-28)40-20-14-31(15-21-40)33-7-9-35(25-42)37(23-33)27-44/h1-23H. The molecule has 0 atom stereocenters. The van der Waals surface area contributed by atoms with E-state index in [9.17, 15) is 21.0 Å². The van der Waals surface area contributed by atoms with E-state index in [4.69, 9.17) is 0 Å². The maximum Gasteiger partial charge on any atom is 0.101 e. The lowest BCUT2D eigenvalue weighted by atomic mass is 9.99. The van der Waals surface area contributed by atoms with Gasteiger partial charge in [0.15, 0.2) is 0 Å². The molecular weight excluding hydrogens is 550 g/mol. The van der Waals surface area contributed by atoms with Crippen LogP contribution in [-0.2, 0) is 0 Å². The van der Waals surface area contributed by atoms with Crippen LogP contribution in [0.15, 0.2) is 140 Å². The van der Waals surface area contributed by atoms with Gasteiger partial charge in [-0.2, -0.15) is 21.0 Å². The predicted molar refractivity (Wildman–Crippen MR) is 176 cm³/mol. The van der Waals surface area contributed by atoms with Crippen molar-refractivity contribution in [1.29, 1.82) is 21.0 Å². The second-order valence-electron chi connectivity index (χ2n) is 10.3. The summed E-state index contributed by atoms with van der Waals surface area (Å²) in [5, 5.41) is 37.6.